The lowest BCUT2D eigenvalue weighted by molar-refractivity contribution is 0.305. The van der Waals surface area contributed by atoms with Crippen molar-refractivity contribution in [3.63, 3.8) is 0 Å². The zero-order chi connectivity index (χ0) is 13.7. The van der Waals surface area contributed by atoms with Gasteiger partial charge in [0.1, 0.15) is 12.4 Å². The quantitative estimate of drug-likeness (QED) is 0.488. The molecule has 2 rings (SSSR count). The fourth-order valence-electron chi connectivity index (χ4n) is 1.72. The van der Waals surface area contributed by atoms with E-state index in [1.54, 1.807) is 11.3 Å². The predicted molar refractivity (Wildman–Crippen MR) is 81.4 cm³/mol. The molecule has 1 heterocycles. The highest BCUT2D eigenvalue weighted by Gasteiger charge is 2.10. The van der Waals surface area contributed by atoms with E-state index in [4.69, 9.17) is 9.94 Å². The minimum atomic E-state index is 0.498. The monoisotopic (exact) mass is 339 g/mol. The van der Waals surface area contributed by atoms with Gasteiger partial charge in [-0.1, -0.05) is 24.2 Å². The maximum absolute atomic E-state index is 9.03. The fraction of sp³-hybridized carbons (Fsp3) is 0.214. The van der Waals surface area contributed by atoms with Crippen molar-refractivity contribution in [2.45, 2.75) is 20.0 Å². The van der Waals surface area contributed by atoms with Crippen LogP contribution in [-0.2, 0) is 6.61 Å². The number of oxime groups is 1. The molecular formula is C14H14BrNO2S. The largest absolute Gasteiger partial charge is 0.487 e. The molecule has 19 heavy (non-hydrogen) atoms. The van der Waals surface area contributed by atoms with Crippen LogP contribution in [0, 0.1) is 0 Å². The summed E-state index contributed by atoms with van der Waals surface area (Å²) < 4.78 is 6.89. The van der Waals surface area contributed by atoms with E-state index in [0.717, 1.165) is 20.7 Å². The van der Waals surface area contributed by atoms with Gasteiger partial charge >= 0.3 is 0 Å². The lowest BCUT2D eigenvalue weighted by atomic mass is 10.1. The number of benzene rings is 1. The molecule has 5 heteroatoms. The van der Waals surface area contributed by atoms with E-state index >= 15 is 0 Å². The van der Waals surface area contributed by atoms with Gasteiger partial charge in [0.25, 0.3) is 0 Å². The first-order chi connectivity index (χ1) is 9.26. The van der Waals surface area contributed by atoms with Crippen molar-refractivity contribution >= 4 is 33.0 Å². The molecule has 0 amide bonds. The van der Waals surface area contributed by atoms with Gasteiger partial charge < -0.3 is 9.94 Å². The minimum Gasteiger partial charge on any atom is -0.487 e. The second-order valence-electron chi connectivity index (χ2n) is 3.88. The van der Waals surface area contributed by atoms with Gasteiger partial charge in [0.2, 0.25) is 0 Å². The summed E-state index contributed by atoms with van der Waals surface area (Å²) in [6.45, 7) is 2.44. The number of para-hydroxylation sites is 1. The maximum atomic E-state index is 9.03. The normalized spacial score (nSPS) is 11.6. The van der Waals surface area contributed by atoms with E-state index < -0.39 is 0 Å². The second-order valence-corrected chi connectivity index (χ2v) is 5.73. The van der Waals surface area contributed by atoms with E-state index in [0.29, 0.717) is 18.7 Å². The SMILES string of the molecule is CCC(=NO)c1ccccc1OCc1sccc1Br. The van der Waals surface area contributed by atoms with Crippen LogP contribution in [0.15, 0.2) is 45.3 Å². The molecule has 0 saturated carbocycles. The smallest absolute Gasteiger partial charge is 0.129 e. The molecule has 1 aromatic heterocycles. The molecule has 1 N–H and O–H groups in total. The van der Waals surface area contributed by atoms with Crippen LogP contribution in [0.2, 0.25) is 0 Å². The standard InChI is InChI=1S/C14H14BrNO2S/c1-2-12(16-17)10-5-3-4-6-13(10)18-9-14-11(15)7-8-19-14/h3-8,17H,2,9H2,1H3. The van der Waals surface area contributed by atoms with Crippen LogP contribution >= 0.6 is 27.3 Å². The molecule has 0 aliphatic carbocycles. The van der Waals surface area contributed by atoms with Gasteiger partial charge in [-0.15, -0.1) is 11.3 Å². The molecule has 0 atom stereocenters. The topological polar surface area (TPSA) is 41.8 Å². The Morgan fingerprint density at radius 2 is 2.16 bits per heavy atom. The molecule has 0 fully saturated rings. The third kappa shape index (κ3) is 3.36. The van der Waals surface area contributed by atoms with E-state index in [1.807, 2.05) is 42.6 Å². The summed E-state index contributed by atoms with van der Waals surface area (Å²) in [4.78, 5) is 1.13. The Bertz CT molecular complexity index is 580. The molecule has 0 saturated heterocycles. The van der Waals surface area contributed by atoms with E-state index in [2.05, 4.69) is 21.1 Å². The van der Waals surface area contributed by atoms with Crippen LogP contribution in [0.3, 0.4) is 0 Å². The maximum Gasteiger partial charge on any atom is 0.129 e. The highest BCUT2D eigenvalue weighted by Crippen LogP contribution is 2.26. The van der Waals surface area contributed by atoms with Gasteiger partial charge in [-0.3, -0.25) is 0 Å². The summed E-state index contributed by atoms with van der Waals surface area (Å²) in [6.07, 6.45) is 0.652. The first-order valence-electron chi connectivity index (χ1n) is 5.91. The Labute approximate surface area is 124 Å². The highest BCUT2D eigenvalue weighted by molar-refractivity contribution is 9.10. The number of thiophene rings is 1. The van der Waals surface area contributed by atoms with E-state index in [-0.39, 0.29) is 0 Å². The van der Waals surface area contributed by atoms with Crippen LogP contribution in [0.1, 0.15) is 23.8 Å². The van der Waals surface area contributed by atoms with Crippen molar-refractivity contribution in [2.24, 2.45) is 5.16 Å². The first-order valence-corrected chi connectivity index (χ1v) is 7.58. The molecule has 0 spiro atoms. The summed E-state index contributed by atoms with van der Waals surface area (Å²) in [7, 11) is 0. The van der Waals surface area contributed by atoms with Gasteiger partial charge in [0, 0.05) is 10.0 Å². The summed E-state index contributed by atoms with van der Waals surface area (Å²) in [5.41, 5.74) is 1.46. The van der Waals surface area contributed by atoms with Gasteiger partial charge in [0.05, 0.1) is 10.6 Å². The molecule has 0 aliphatic heterocycles. The van der Waals surface area contributed by atoms with Crippen molar-refractivity contribution in [3.05, 3.63) is 50.6 Å². The van der Waals surface area contributed by atoms with Crippen LogP contribution < -0.4 is 4.74 Å². The lowest BCUT2D eigenvalue weighted by Gasteiger charge is -2.11. The Morgan fingerprint density at radius 3 is 2.79 bits per heavy atom. The molecule has 3 nitrogen and oxygen atoms in total. The Morgan fingerprint density at radius 1 is 1.37 bits per heavy atom. The highest BCUT2D eigenvalue weighted by atomic mass is 79.9. The number of rotatable bonds is 5. The molecule has 100 valence electrons. The van der Waals surface area contributed by atoms with Gasteiger partial charge in [-0.05, 0) is 45.9 Å². The molecule has 0 bridgehead atoms. The van der Waals surface area contributed by atoms with Gasteiger partial charge in [0.15, 0.2) is 0 Å². The van der Waals surface area contributed by atoms with Crippen LogP contribution in [0.5, 0.6) is 5.75 Å². The van der Waals surface area contributed by atoms with Gasteiger partial charge in [-0.25, -0.2) is 0 Å². The average Bonchev–Trinajstić information content (AvgIpc) is 2.84. The van der Waals surface area contributed by atoms with Crippen LogP contribution in [-0.4, -0.2) is 10.9 Å². The number of ether oxygens (including phenoxy) is 1. The molecular weight excluding hydrogens is 326 g/mol. The Hall–Kier alpha value is -1.33. The third-order valence-electron chi connectivity index (χ3n) is 2.70. The number of halogens is 1. The number of nitrogens with zero attached hydrogens (tertiary/aromatic N) is 1. The Balaban J connectivity index is 2.19. The zero-order valence-electron chi connectivity index (χ0n) is 10.5. The Kier molecular flexibility index (Phi) is 4.99. The summed E-state index contributed by atoms with van der Waals surface area (Å²) in [5, 5.41) is 14.4. The molecule has 0 aliphatic rings. The predicted octanol–water partition coefficient (Wildman–Crippen LogP) is 4.68. The first kappa shape index (κ1) is 14.1. The van der Waals surface area contributed by atoms with Crippen LogP contribution in [0.4, 0.5) is 0 Å². The summed E-state index contributed by atoms with van der Waals surface area (Å²) in [6, 6.07) is 9.61. The fourth-order valence-corrected chi connectivity index (χ4v) is 3.10. The summed E-state index contributed by atoms with van der Waals surface area (Å²) in [5.74, 6) is 0.734. The third-order valence-corrected chi connectivity index (χ3v) is 4.60. The molecule has 2 aromatic rings. The molecule has 0 unspecified atom stereocenters. The lowest BCUT2D eigenvalue weighted by Crippen LogP contribution is -2.04. The number of hydrogen-bond donors (Lipinski definition) is 1. The molecule has 1 aromatic carbocycles. The van der Waals surface area contributed by atoms with E-state index in [1.165, 1.54) is 0 Å². The molecule has 0 radical (unpaired) electrons. The zero-order valence-corrected chi connectivity index (χ0v) is 12.9. The van der Waals surface area contributed by atoms with Gasteiger partial charge in [-0.2, -0.15) is 0 Å². The second kappa shape index (κ2) is 6.73. The van der Waals surface area contributed by atoms with E-state index in [9.17, 15) is 0 Å². The average molecular weight is 340 g/mol. The van der Waals surface area contributed by atoms with Crippen LogP contribution in [0.25, 0.3) is 0 Å². The van der Waals surface area contributed by atoms with Crippen molar-refractivity contribution in [1.82, 2.24) is 0 Å². The number of hydrogen-bond acceptors (Lipinski definition) is 4. The van der Waals surface area contributed by atoms with Crippen molar-refractivity contribution in [3.8, 4) is 5.75 Å². The van der Waals surface area contributed by atoms with Crippen molar-refractivity contribution in [1.29, 1.82) is 0 Å². The minimum absolute atomic E-state index is 0.498. The summed E-state index contributed by atoms with van der Waals surface area (Å²) >= 11 is 5.12. The van der Waals surface area contributed by atoms with Crippen molar-refractivity contribution < 1.29 is 9.94 Å². The van der Waals surface area contributed by atoms with Crippen molar-refractivity contribution in [2.75, 3.05) is 0 Å².